The van der Waals surface area contributed by atoms with Crippen molar-refractivity contribution in [3.8, 4) is 0 Å². The van der Waals surface area contributed by atoms with E-state index in [9.17, 15) is 14.9 Å². The van der Waals surface area contributed by atoms with Crippen LogP contribution in [0.15, 0.2) is 12.3 Å². The quantitative estimate of drug-likeness (QED) is 0.658. The second-order valence-electron chi connectivity index (χ2n) is 4.40. The average molecular weight is 277 g/mol. The number of nitro groups is 1. The SMILES string of the molecule is CCn1cc([N+](=O)[O-])cc1C(=O)Nc1n[nH]c(C)c1C. The number of hydrogen-bond acceptors (Lipinski definition) is 4. The largest absolute Gasteiger partial charge is 0.337 e. The molecule has 0 spiro atoms. The third-order valence-corrected chi connectivity index (χ3v) is 3.15. The number of nitrogens with one attached hydrogen (secondary N) is 2. The number of hydrogen-bond donors (Lipinski definition) is 2. The second-order valence-corrected chi connectivity index (χ2v) is 4.40. The summed E-state index contributed by atoms with van der Waals surface area (Å²) in [6.07, 6.45) is 1.34. The molecule has 0 aliphatic rings. The molecule has 0 fully saturated rings. The van der Waals surface area contributed by atoms with Crippen LogP contribution in [-0.4, -0.2) is 25.6 Å². The van der Waals surface area contributed by atoms with E-state index in [1.54, 1.807) is 0 Å². The fourth-order valence-electron chi connectivity index (χ4n) is 1.83. The van der Waals surface area contributed by atoms with E-state index in [1.165, 1.54) is 16.8 Å². The van der Waals surface area contributed by atoms with Crippen LogP contribution >= 0.6 is 0 Å². The number of amides is 1. The molecule has 8 heteroatoms. The lowest BCUT2D eigenvalue weighted by Crippen LogP contribution is -2.17. The van der Waals surface area contributed by atoms with Crippen molar-refractivity contribution in [2.45, 2.75) is 27.3 Å². The molecule has 2 rings (SSSR count). The lowest BCUT2D eigenvalue weighted by Gasteiger charge is -2.05. The third kappa shape index (κ3) is 2.40. The Hall–Kier alpha value is -2.64. The minimum absolute atomic E-state index is 0.105. The first-order valence-electron chi connectivity index (χ1n) is 6.11. The maximum Gasteiger partial charge on any atom is 0.287 e. The zero-order valence-electron chi connectivity index (χ0n) is 11.4. The first-order chi connectivity index (χ1) is 9.43. The van der Waals surface area contributed by atoms with Crippen molar-refractivity contribution in [3.63, 3.8) is 0 Å². The summed E-state index contributed by atoms with van der Waals surface area (Å²) in [7, 11) is 0. The number of aryl methyl sites for hydroxylation is 2. The van der Waals surface area contributed by atoms with Gasteiger partial charge >= 0.3 is 0 Å². The Balaban J connectivity index is 2.29. The van der Waals surface area contributed by atoms with E-state index in [1.807, 2.05) is 20.8 Å². The molecule has 1 amide bonds. The Kier molecular flexibility index (Phi) is 3.55. The number of rotatable bonds is 4. The molecule has 0 atom stereocenters. The molecule has 0 aliphatic heterocycles. The number of nitrogens with zero attached hydrogens (tertiary/aromatic N) is 3. The van der Waals surface area contributed by atoms with Crippen LogP contribution in [0.25, 0.3) is 0 Å². The van der Waals surface area contributed by atoms with Crippen LogP contribution < -0.4 is 5.32 Å². The second kappa shape index (κ2) is 5.16. The van der Waals surface area contributed by atoms with E-state index in [2.05, 4.69) is 15.5 Å². The first-order valence-corrected chi connectivity index (χ1v) is 6.11. The van der Waals surface area contributed by atoms with Crippen molar-refractivity contribution in [2.24, 2.45) is 0 Å². The summed E-state index contributed by atoms with van der Waals surface area (Å²) in [6, 6.07) is 1.26. The van der Waals surface area contributed by atoms with E-state index < -0.39 is 10.8 Å². The Bertz CT molecular complexity index is 671. The van der Waals surface area contributed by atoms with Crippen molar-refractivity contribution < 1.29 is 9.72 Å². The predicted octanol–water partition coefficient (Wildman–Crippen LogP) is 2.01. The van der Waals surface area contributed by atoms with Gasteiger partial charge in [-0.3, -0.25) is 20.0 Å². The number of aromatic nitrogens is 3. The van der Waals surface area contributed by atoms with Crippen molar-refractivity contribution in [2.75, 3.05) is 5.32 Å². The number of carbonyl (C=O) groups is 1. The zero-order valence-corrected chi connectivity index (χ0v) is 11.4. The summed E-state index contributed by atoms with van der Waals surface area (Å²) in [5, 5.41) is 20.2. The van der Waals surface area contributed by atoms with E-state index in [-0.39, 0.29) is 11.4 Å². The molecule has 0 radical (unpaired) electrons. The van der Waals surface area contributed by atoms with Gasteiger partial charge in [0.1, 0.15) is 5.69 Å². The molecular weight excluding hydrogens is 262 g/mol. The highest BCUT2D eigenvalue weighted by molar-refractivity contribution is 6.03. The van der Waals surface area contributed by atoms with Crippen LogP contribution in [0.3, 0.4) is 0 Å². The molecule has 8 nitrogen and oxygen atoms in total. The third-order valence-electron chi connectivity index (χ3n) is 3.15. The Morgan fingerprint density at radius 2 is 2.25 bits per heavy atom. The molecule has 0 aliphatic carbocycles. The Morgan fingerprint density at radius 3 is 2.75 bits per heavy atom. The summed E-state index contributed by atoms with van der Waals surface area (Å²) >= 11 is 0. The molecule has 0 saturated carbocycles. The molecule has 106 valence electrons. The van der Waals surface area contributed by atoms with Crippen LogP contribution in [0, 0.1) is 24.0 Å². The van der Waals surface area contributed by atoms with Gasteiger partial charge in [0.05, 0.1) is 11.1 Å². The van der Waals surface area contributed by atoms with Gasteiger partial charge in [0.15, 0.2) is 5.82 Å². The van der Waals surface area contributed by atoms with Crippen LogP contribution in [0.4, 0.5) is 11.5 Å². The van der Waals surface area contributed by atoms with Crippen LogP contribution in [0.5, 0.6) is 0 Å². The summed E-state index contributed by atoms with van der Waals surface area (Å²) in [6.45, 7) is 5.95. The topological polar surface area (TPSA) is 106 Å². The lowest BCUT2D eigenvalue weighted by atomic mass is 10.2. The standard InChI is InChI=1S/C12H15N5O3/c1-4-16-6-9(17(19)20)5-10(16)12(18)13-11-7(2)8(3)14-15-11/h5-6H,4H2,1-3H3,(H2,13,14,15,18). The Morgan fingerprint density at radius 1 is 1.55 bits per heavy atom. The fourth-order valence-corrected chi connectivity index (χ4v) is 1.83. The van der Waals surface area contributed by atoms with Crippen molar-refractivity contribution >= 4 is 17.4 Å². The van der Waals surface area contributed by atoms with E-state index >= 15 is 0 Å². The molecular formula is C12H15N5O3. The average Bonchev–Trinajstić information content (AvgIpc) is 2.97. The van der Waals surface area contributed by atoms with Crippen molar-refractivity contribution in [1.82, 2.24) is 14.8 Å². The summed E-state index contributed by atoms with van der Waals surface area (Å²) < 4.78 is 1.53. The predicted molar refractivity (Wildman–Crippen MR) is 72.8 cm³/mol. The van der Waals surface area contributed by atoms with Crippen molar-refractivity contribution in [1.29, 1.82) is 0 Å². The van der Waals surface area contributed by atoms with Crippen molar-refractivity contribution in [3.05, 3.63) is 39.3 Å². The highest BCUT2D eigenvalue weighted by Crippen LogP contribution is 2.19. The molecule has 20 heavy (non-hydrogen) atoms. The number of anilines is 1. The molecule has 0 unspecified atom stereocenters. The fraction of sp³-hybridized carbons (Fsp3) is 0.333. The molecule has 2 N–H and O–H groups in total. The summed E-state index contributed by atoms with van der Waals surface area (Å²) in [5.41, 5.74) is 1.82. The number of carbonyl (C=O) groups excluding carboxylic acids is 1. The van der Waals surface area contributed by atoms with E-state index in [0.717, 1.165) is 11.3 Å². The summed E-state index contributed by atoms with van der Waals surface area (Å²) in [5.74, 6) is 0.00792. The van der Waals surface area contributed by atoms with Gasteiger partial charge in [0.2, 0.25) is 0 Å². The van der Waals surface area contributed by atoms with Gasteiger partial charge in [-0.2, -0.15) is 5.10 Å². The van der Waals surface area contributed by atoms with E-state index in [4.69, 9.17) is 0 Å². The first kappa shape index (κ1) is 13.8. The van der Waals surface area contributed by atoms with Crippen LogP contribution in [-0.2, 0) is 6.54 Å². The van der Waals surface area contributed by atoms with E-state index in [0.29, 0.717) is 12.4 Å². The maximum absolute atomic E-state index is 12.2. The van der Waals surface area contributed by atoms with Gasteiger partial charge in [0, 0.05) is 23.9 Å². The molecule has 2 aromatic heterocycles. The highest BCUT2D eigenvalue weighted by Gasteiger charge is 2.20. The van der Waals surface area contributed by atoms with Gasteiger partial charge < -0.3 is 9.88 Å². The van der Waals surface area contributed by atoms with Gasteiger partial charge in [-0.1, -0.05) is 0 Å². The van der Waals surface area contributed by atoms with Crippen LogP contribution in [0.2, 0.25) is 0 Å². The molecule has 2 aromatic rings. The molecule has 0 aromatic carbocycles. The highest BCUT2D eigenvalue weighted by atomic mass is 16.6. The smallest absolute Gasteiger partial charge is 0.287 e. The van der Waals surface area contributed by atoms with Crippen LogP contribution in [0.1, 0.15) is 28.7 Å². The molecule has 0 saturated heterocycles. The monoisotopic (exact) mass is 277 g/mol. The van der Waals surface area contributed by atoms with Gasteiger partial charge in [0.25, 0.3) is 11.6 Å². The molecule has 0 bridgehead atoms. The van der Waals surface area contributed by atoms with Gasteiger partial charge in [-0.25, -0.2) is 0 Å². The normalized spacial score (nSPS) is 10.6. The van der Waals surface area contributed by atoms with Gasteiger partial charge in [-0.05, 0) is 20.8 Å². The van der Waals surface area contributed by atoms with Gasteiger partial charge in [-0.15, -0.1) is 0 Å². The minimum atomic E-state index is -0.521. The summed E-state index contributed by atoms with van der Waals surface area (Å²) in [4.78, 5) is 22.4. The Labute approximate surface area is 114 Å². The number of aromatic amines is 1. The number of H-pyrrole nitrogens is 1. The molecule has 2 heterocycles. The lowest BCUT2D eigenvalue weighted by molar-refractivity contribution is -0.384. The zero-order chi connectivity index (χ0) is 14.9. The maximum atomic E-state index is 12.2. The minimum Gasteiger partial charge on any atom is -0.337 e.